The van der Waals surface area contributed by atoms with Crippen molar-refractivity contribution in [1.29, 1.82) is 0 Å². The molecule has 8 nitrogen and oxygen atoms in total. The number of rotatable bonds is 4. The molecule has 0 unspecified atom stereocenters. The molecule has 1 saturated heterocycles. The number of hydrogen-bond donors (Lipinski definition) is 0. The zero-order chi connectivity index (χ0) is 13.0. The predicted octanol–water partition coefficient (Wildman–Crippen LogP) is 0.735. The number of hydroxylamine groups is 2. The third kappa shape index (κ3) is 3.04. The molecule has 8 heteroatoms. The Hall–Kier alpha value is -1.96. The van der Waals surface area contributed by atoms with Gasteiger partial charge in [-0.2, -0.15) is 5.10 Å². The molecule has 0 saturated carbocycles. The SMILES string of the molecule is O=C(CCn1cc([N+](=O)[O-])cn1)N1CCCCO1. The quantitative estimate of drug-likeness (QED) is 0.583. The van der Waals surface area contributed by atoms with E-state index < -0.39 is 4.92 Å². The average Bonchev–Trinajstić information content (AvgIpc) is 2.86. The van der Waals surface area contributed by atoms with E-state index in [4.69, 9.17) is 4.84 Å². The second-order valence-electron chi connectivity index (χ2n) is 4.00. The third-order valence-corrected chi connectivity index (χ3v) is 2.67. The summed E-state index contributed by atoms with van der Waals surface area (Å²) in [7, 11) is 0. The monoisotopic (exact) mass is 254 g/mol. The molecule has 0 bridgehead atoms. The molecule has 0 aromatic carbocycles. The fourth-order valence-corrected chi connectivity index (χ4v) is 1.70. The van der Waals surface area contributed by atoms with Crippen LogP contribution in [0, 0.1) is 10.1 Å². The molecule has 1 fully saturated rings. The van der Waals surface area contributed by atoms with E-state index in [0.29, 0.717) is 19.7 Å². The second-order valence-corrected chi connectivity index (χ2v) is 4.00. The molecule has 0 spiro atoms. The molecule has 98 valence electrons. The van der Waals surface area contributed by atoms with Crippen molar-refractivity contribution in [1.82, 2.24) is 14.8 Å². The van der Waals surface area contributed by atoms with Gasteiger partial charge in [0.25, 0.3) is 0 Å². The van der Waals surface area contributed by atoms with Crippen LogP contribution in [0.1, 0.15) is 19.3 Å². The van der Waals surface area contributed by atoms with E-state index in [1.807, 2.05) is 0 Å². The molecule has 0 radical (unpaired) electrons. The van der Waals surface area contributed by atoms with Gasteiger partial charge in [-0.15, -0.1) is 0 Å². The lowest BCUT2D eigenvalue weighted by Crippen LogP contribution is -2.36. The smallest absolute Gasteiger partial charge is 0.273 e. The molecule has 1 aromatic heterocycles. The number of carbonyl (C=O) groups excluding carboxylic acids is 1. The van der Waals surface area contributed by atoms with E-state index in [2.05, 4.69) is 5.10 Å². The summed E-state index contributed by atoms with van der Waals surface area (Å²) in [6.45, 7) is 1.49. The summed E-state index contributed by atoms with van der Waals surface area (Å²) in [6, 6.07) is 0. The van der Waals surface area contributed by atoms with E-state index in [1.165, 1.54) is 22.1 Å². The van der Waals surface area contributed by atoms with Gasteiger partial charge < -0.3 is 0 Å². The van der Waals surface area contributed by atoms with Gasteiger partial charge in [0, 0.05) is 13.0 Å². The van der Waals surface area contributed by atoms with Gasteiger partial charge in [0.2, 0.25) is 5.91 Å². The average molecular weight is 254 g/mol. The van der Waals surface area contributed by atoms with Crippen molar-refractivity contribution in [2.24, 2.45) is 0 Å². The Balaban J connectivity index is 1.82. The molecule has 0 N–H and O–H groups in total. The molecule has 0 aliphatic carbocycles. The summed E-state index contributed by atoms with van der Waals surface area (Å²) >= 11 is 0. The van der Waals surface area contributed by atoms with Crippen LogP contribution < -0.4 is 0 Å². The lowest BCUT2D eigenvalue weighted by molar-refractivity contribution is -0.385. The first-order valence-electron chi connectivity index (χ1n) is 5.77. The minimum atomic E-state index is -0.515. The van der Waals surface area contributed by atoms with Crippen LogP contribution in [0.3, 0.4) is 0 Å². The maximum Gasteiger partial charge on any atom is 0.306 e. The Morgan fingerprint density at radius 1 is 1.56 bits per heavy atom. The number of aromatic nitrogens is 2. The maximum absolute atomic E-state index is 11.7. The molecule has 18 heavy (non-hydrogen) atoms. The summed E-state index contributed by atoms with van der Waals surface area (Å²) in [5, 5.41) is 15.6. The van der Waals surface area contributed by atoms with E-state index >= 15 is 0 Å². The number of carbonyl (C=O) groups is 1. The normalized spacial score (nSPS) is 15.7. The van der Waals surface area contributed by atoms with Crippen LogP contribution >= 0.6 is 0 Å². The van der Waals surface area contributed by atoms with Gasteiger partial charge >= 0.3 is 5.69 Å². The van der Waals surface area contributed by atoms with E-state index in [9.17, 15) is 14.9 Å². The van der Waals surface area contributed by atoms with Crippen molar-refractivity contribution in [3.8, 4) is 0 Å². The largest absolute Gasteiger partial charge is 0.306 e. The fourth-order valence-electron chi connectivity index (χ4n) is 1.70. The van der Waals surface area contributed by atoms with Crippen LogP contribution in [0.2, 0.25) is 0 Å². The highest BCUT2D eigenvalue weighted by atomic mass is 16.7. The molecule has 1 aliphatic rings. The van der Waals surface area contributed by atoms with Gasteiger partial charge in [-0.05, 0) is 12.8 Å². The Kier molecular flexibility index (Phi) is 3.88. The number of nitrogens with zero attached hydrogens (tertiary/aromatic N) is 4. The van der Waals surface area contributed by atoms with Gasteiger partial charge in [-0.25, -0.2) is 5.06 Å². The molecular weight excluding hydrogens is 240 g/mol. The zero-order valence-corrected chi connectivity index (χ0v) is 9.82. The van der Waals surface area contributed by atoms with Crippen LogP contribution in [0.4, 0.5) is 5.69 Å². The van der Waals surface area contributed by atoms with Gasteiger partial charge in [-0.3, -0.25) is 24.4 Å². The molecule has 1 aliphatic heterocycles. The van der Waals surface area contributed by atoms with Crippen molar-refractivity contribution >= 4 is 11.6 Å². The first-order valence-corrected chi connectivity index (χ1v) is 5.77. The van der Waals surface area contributed by atoms with Crippen LogP contribution in [0.25, 0.3) is 0 Å². The number of nitro groups is 1. The van der Waals surface area contributed by atoms with E-state index in [0.717, 1.165) is 12.8 Å². The predicted molar refractivity (Wildman–Crippen MR) is 60.4 cm³/mol. The van der Waals surface area contributed by atoms with E-state index in [1.54, 1.807) is 0 Å². The summed E-state index contributed by atoms with van der Waals surface area (Å²) in [5.74, 6) is -0.118. The number of amides is 1. The van der Waals surface area contributed by atoms with Gasteiger partial charge in [0.15, 0.2) is 0 Å². The lowest BCUT2D eigenvalue weighted by atomic mass is 10.3. The van der Waals surface area contributed by atoms with Gasteiger partial charge in [0.05, 0.1) is 18.1 Å². The van der Waals surface area contributed by atoms with Gasteiger partial charge in [0.1, 0.15) is 12.4 Å². The highest BCUT2D eigenvalue weighted by molar-refractivity contribution is 5.75. The highest BCUT2D eigenvalue weighted by Gasteiger charge is 2.18. The minimum absolute atomic E-state index is 0.0725. The lowest BCUT2D eigenvalue weighted by Gasteiger charge is -2.25. The van der Waals surface area contributed by atoms with Crippen LogP contribution in [0.5, 0.6) is 0 Å². The zero-order valence-electron chi connectivity index (χ0n) is 9.82. The van der Waals surface area contributed by atoms with Crippen molar-refractivity contribution in [3.05, 3.63) is 22.5 Å². The summed E-state index contributed by atoms with van der Waals surface area (Å²) < 4.78 is 1.39. The van der Waals surface area contributed by atoms with E-state index in [-0.39, 0.29) is 18.0 Å². The summed E-state index contributed by atoms with van der Waals surface area (Å²) in [4.78, 5) is 26.9. The first kappa shape index (κ1) is 12.5. The van der Waals surface area contributed by atoms with Crippen molar-refractivity contribution in [3.63, 3.8) is 0 Å². The second kappa shape index (κ2) is 5.58. The first-order chi connectivity index (χ1) is 8.66. The Morgan fingerprint density at radius 3 is 3.00 bits per heavy atom. The van der Waals surface area contributed by atoms with Crippen molar-refractivity contribution in [2.75, 3.05) is 13.2 Å². The standard InChI is InChI=1S/C10H14N4O4/c15-10(13-4-1-2-6-18-13)3-5-12-8-9(7-11-12)14(16)17/h7-8H,1-6H2. The van der Waals surface area contributed by atoms with Crippen LogP contribution in [-0.4, -0.2) is 38.8 Å². The van der Waals surface area contributed by atoms with Crippen LogP contribution in [-0.2, 0) is 16.2 Å². The number of hydrogen-bond acceptors (Lipinski definition) is 5. The minimum Gasteiger partial charge on any atom is -0.273 e. The third-order valence-electron chi connectivity index (χ3n) is 2.67. The fraction of sp³-hybridized carbons (Fsp3) is 0.600. The topological polar surface area (TPSA) is 90.5 Å². The molecule has 2 rings (SSSR count). The molecular formula is C10H14N4O4. The van der Waals surface area contributed by atoms with Gasteiger partial charge in [-0.1, -0.05) is 0 Å². The maximum atomic E-state index is 11.7. The summed E-state index contributed by atoms with van der Waals surface area (Å²) in [6.07, 6.45) is 4.61. The highest BCUT2D eigenvalue weighted by Crippen LogP contribution is 2.10. The number of aryl methyl sites for hydroxylation is 1. The van der Waals surface area contributed by atoms with Crippen molar-refractivity contribution in [2.45, 2.75) is 25.8 Å². The molecule has 0 atom stereocenters. The molecule has 1 aromatic rings. The molecule has 2 heterocycles. The van der Waals surface area contributed by atoms with Crippen LogP contribution in [0.15, 0.2) is 12.4 Å². The van der Waals surface area contributed by atoms with Crippen molar-refractivity contribution < 1.29 is 14.6 Å². The Bertz CT molecular complexity index is 439. The Morgan fingerprint density at radius 2 is 2.39 bits per heavy atom. The molecule has 1 amide bonds. The Labute approximate surface area is 103 Å². The summed E-state index contributed by atoms with van der Waals surface area (Å²) in [5.41, 5.74) is -0.0725.